The molecule has 2 fully saturated rings. The first-order chi connectivity index (χ1) is 10.3. The average molecular weight is 330 g/mol. The smallest absolute Gasteiger partial charge is 0.414 e. The van der Waals surface area contributed by atoms with E-state index >= 15 is 0 Å². The Bertz CT molecular complexity index is 551. The molecule has 4 atom stereocenters. The lowest BCUT2D eigenvalue weighted by atomic mass is 9.91. The quantitative estimate of drug-likeness (QED) is 0.594. The number of piperidine rings is 1. The Morgan fingerprint density at radius 2 is 1.86 bits per heavy atom. The number of aliphatic hydroxyl groups excluding tert-OH is 1. The molecule has 0 aliphatic carbocycles. The minimum absolute atomic E-state index is 0.176. The van der Waals surface area contributed by atoms with Crippen LogP contribution in [0.5, 0.6) is 0 Å². The number of anilines is 1. The Labute approximate surface area is 131 Å². The van der Waals surface area contributed by atoms with E-state index < -0.39 is 11.9 Å². The summed E-state index contributed by atoms with van der Waals surface area (Å²) >= 11 is 1.48. The number of carboxylic acid groups (broad SMARTS) is 2. The maximum absolute atomic E-state index is 9.87. The molecular formula is C12H18N4O5S. The fraction of sp³-hybridized carbons (Fsp3) is 0.667. The van der Waals surface area contributed by atoms with Crippen LogP contribution in [-0.4, -0.2) is 81.3 Å². The van der Waals surface area contributed by atoms with Crippen molar-refractivity contribution in [1.82, 2.24) is 14.3 Å². The van der Waals surface area contributed by atoms with Crippen molar-refractivity contribution in [2.24, 2.45) is 5.92 Å². The highest BCUT2D eigenvalue weighted by Gasteiger charge is 2.46. The SMILES string of the molecule is CN(C)c1nsc(C2CN3CC(O)C2C3)n1.O=C(O)C(=O)O. The molecule has 0 saturated carbocycles. The van der Waals surface area contributed by atoms with E-state index in [2.05, 4.69) is 14.3 Å². The first-order valence-corrected chi connectivity index (χ1v) is 7.44. The van der Waals surface area contributed by atoms with Crippen LogP contribution in [0.2, 0.25) is 0 Å². The molecule has 2 bridgehead atoms. The summed E-state index contributed by atoms with van der Waals surface area (Å²) < 4.78 is 4.33. The van der Waals surface area contributed by atoms with E-state index in [4.69, 9.17) is 19.8 Å². The maximum atomic E-state index is 9.87. The molecule has 3 N–H and O–H groups in total. The Morgan fingerprint density at radius 3 is 2.27 bits per heavy atom. The number of aromatic nitrogens is 2. The molecule has 3 rings (SSSR count). The highest BCUT2D eigenvalue weighted by atomic mass is 32.1. The lowest BCUT2D eigenvalue weighted by molar-refractivity contribution is -0.159. The van der Waals surface area contributed by atoms with Gasteiger partial charge >= 0.3 is 11.9 Å². The largest absolute Gasteiger partial charge is 0.473 e. The second-order valence-corrected chi connectivity index (χ2v) is 6.28. The molecule has 9 nitrogen and oxygen atoms in total. The van der Waals surface area contributed by atoms with Crippen molar-refractivity contribution >= 4 is 29.4 Å². The molecule has 0 radical (unpaired) electrons. The van der Waals surface area contributed by atoms with Gasteiger partial charge in [0.15, 0.2) is 0 Å². The van der Waals surface area contributed by atoms with Gasteiger partial charge in [-0.2, -0.15) is 4.37 Å². The number of fused-ring (bicyclic) bond motifs is 2. The molecule has 1 aromatic rings. The number of carboxylic acids is 2. The van der Waals surface area contributed by atoms with Gasteiger partial charge in [-0.15, -0.1) is 0 Å². The van der Waals surface area contributed by atoms with E-state index in [0.29, 0.717) is 11.8 Å². The molecule has 3 heterocycles. The molecule has 122 valence electrons. The molecule has 2 aliphatic heterocycles. The van der Waals surface area contributed by atoms with E-state index in [0.717, 1.165) is 30.6 Å². The molecule has 0 amide bonds. The number of aliphatic carboxylic acids is 2. The van der Waals surface area contributed by atoms with E-state index in [1.165, 1.54) is 11.5 Å². The minimum atomic E-state index is -1.82. The summed E-state index contributed by atoms with van der Waals surface area (Å²) in [4.78, 5) is 27.0. The third-order valence-corrected chi connectivity index (χ3v) is 4.55. The molecule has 10 heteroatoms. The van der Waals surface area contributed by atoms with Gasteiger partial charge in [0.2, 0.25) is 5.95 Å². The van der Waals surface area contributed by atoms with Crippen molar-refractivity contribution < 1.29 is 24.9 Å². The van der Waals surface area contributed by atoms with Crippen LogP contribution in [0.25, 0.3) is 0 Å². The highest BCUT2D eigenvalue weighted by Crippen LogP contribution is 2.40. The molecule has 0 spiro atoms. The normalized spacial score (nSPS) is 28.9. The predicted octanol–water partition coefficient (Wildman–Crippen LogP) is -0.850. The summed E-state index contributed by atoms with van der Waals surface area (Å²) in [6, 6.07) is 0. The Morgan fingerprint density at radius 1 is 1.23 bits per heavy atom. The van der Waals surface area contributed by atoms with E-state index in [1.807, 2.05) is 19.0 Å². The second kappa shape index (κ2) is 6.55. The van der Waals surface area contributed by atoms with Crippen LogP contribution >= 0.6 is 11.5 Å². The van der Waals surface area contributed by atoms with Crippen LogP contribution in [0.4, 0.5) is 5.95 Å². The molecule has 4 unspecified atom stereocenters. The zero-order chi connectivity index (χ0) is 16.4. The third-order valence-electron chi connectivity index (χ3n) is 3.71. The Balaban J connectivity index is 0.000000254. The van der Waals surface area contributed by atoms with E-state index in [9.17, 15) is 5.11 Å². The summed E-state index contributed by atoms with van der Waals surface area (Å²) in [6.45, 7) is 2.88. The number of aliphatic hydroxyl groups is 1. The standard InChI is InChI=1S/C10H16N4OS.C2H2O4/c1-13(2)10-11-9(16-12-10)7-4-14-3-6(7)8(15)5-14;3-1(4)2(5)6/h6-8,15H,3-5H2,1-2H3;(H,3,4)(H,5,6). The van der Waals surface area contributed by atoms with Gasteiger partial charge in [0, 0.05) is 45.6 Å². The van der Waals surface area contributed by atoms with E-state index in [-0.39, 0.29) is 6.10 Å². The summed E-state index contributed by atoms with van der Waals surface area (Å²) in [7, 11) is 3.90. The molecule has 2 aliphatic rings. The first-order valence-electron chi connectivity index (χ1n) is 6.67. The van der Waals surface area contributed by atoms with Crippen LogP contribution in [0.1, 0.15) is 10.9 Å². The van der Waals surface area contributed by atoms with Crippen molar-refractivity contribution in [1.29, 1.82) is 0 Å². The van der Waals surface area contributed by atoms with Crippen molar-refractivity contribution in [2.75, 3.05) is 38.6 Å². The number of carbonyl (C=O) groups is 2. The van der Waals surface area contributed by atoms with Gasteiger partial charge in [-0.3, -0.25) is 4.90 Å². The summed E-state index contributed by atoms with van der Waals surface area (Å²) in [6.07, 6.45) is -0.176. The van der Waals surface area contributed by atoms with Crippen LogP contribution in [0, 0.1) is 5.92 Å². The van der Waals surface area contributed by atoms with Gasteiger partial charge in [-0.25, -0.2) is 14.6 Å². The van der Waals surface area contributed by atoms with Crippen LogP contribution in [0.3, 0.4) is 0 Å². The molecule has 0 aromatic carbocycles. The highest BCUT2D eigenvalue weighted by molar-refractivity contribution is 7.05. The topological polar surface area (TPSA) is 127 Å². The van der Waals surface area contributed by atoms with Gasteiger partial charge in [0.05, 0.1) is 6.10 Å². The predicted molar refractivity (Wildman–Crippen MR) is 78.2 cm³/mol. The zero-order valence-corrected chi connectivity index (χ0v) is 13.0. The number of hydrogen-bond donors (Lipinski definition) is 3. The van der Waals surface area contributed by atoms with Crippen LogP contribution in [0.15, 0.2) is 0 Å². The van der Waals surface area contributed by atoms with Crippen molar-refractivity contribution in [3.8, 4) is 0 Å². The summed E-state index contributed by atoms with van der Waals surface area (Å²) in [5.74, 6) is -2.12. The molecule has 1 aromatic heterocycles. The number of hydrogen-bond acceptors (Lipinski definition) is 8. The molecular weight excluding hydrogens is 312 g/mol. The van der Waals surface area contributed by atoms with Crippen LogP contribution < -0.4 is 4.90 Å². The zero-order valence-electron chi connectivity index (χ0n) is 12.2. The fourth-order valence-electron chi connectivity index (χ4n) is 2.67. The summed E-state index contributed by atoms with van der Waals surface area (Å²) in [5.41, 5.74) is 0. The van der Waals surface area contributed by atoms with Gasteiger partial charge < -0.3 is 20.2 Å². The number of nitrogens with zero attached hydrogens (tertiary/aromatic N) is 4. The van der Waals surface area contributed by atoms with Gasteiger partial charge in [0.25, 0.3) is 0 Å². The Hall–Kier alpha value is -1.78. The summed E-state index contributed by atoms with van der Waals surface area (Å²) in [5, 5.41) is 25.7. The lowest BCUT2D eigenvalue weighted by Crippen LogP contribution is -2.32. The maximum Gasteiger partial charge on any atom is 0.414 e. The van der Waals surface area contributed by atoms with Gasteiger partial charge in [-0.1, -0.05) is 0 Å². The average Bonchev–Trinajstić information content (AvgIpc) is 3.12. The molecule has 22 heavy (non-hydrogen) atoms. The lowest BCUT2D eigenvalue weighted by Gasteiger charge is -2.24. The fourth-order valence-corrected chi connectivity index (χ4v) is 3.56. The van der Waals surface area contributed by atoms with Gasteiger partial charge in [-0.05, 0) is 11.5 Å². The minimum Gasteiger partial charge on any atom is -0.473 e. The Kier molecular flexibility index (Phi) is 4.94. The first kappa shape index (κ1) is 16.6. The molecule has 2 saturated heterocycles. The van der Waals surface area contributed by atoms with Crippen molar-refractivity contribution in [3.63, 3.8) is 0 Å². The van der Waals surface area contributed by atoms with Crippen molar-refractivity contribution in [3.05, 3.63) is 5.01 Å². The monoisotopic (exact) mass is 330 g/mol. The van der Waals surface area contributed by atoms with Crippen LogP contribution in [-0.2, 0) is 9.59 Å². The number of rotatable bonds is 2. The van der Waals surface area contributed by atoms with Gasteiger partial charge in [0.1, 0.15) is 5.01 Å². The second-order valence-electron chi connectivity index (χ2n) is 5.49. The van der Waals surface area contributed by atoms with Crippen molar-refractivity contribution in [2.45, 2.75) is 12.0 Å². The van der Waals surface area contributed by atoms with E-state index in [1.54, 1.807) is 0 Å². The third kappa shape index (κ3) is 3.51.